The van der Waals surface area contributed by atoms with E-state index < -0.39 is 0 Å². The lowest BCUT2D eigenvalue weighted by molar-refractivity contribution is 0.114. The molecule has 0 aromatic heterocycles. The molecule has 2 aromatic carbocycles. The van der Waals surface area contributed by atoms with Crippen molar-refractivity contribution in [1.29, 1.82) is 0 Å². The summed E-state index contributed by atoms with van der Waals surface area (Å²) >= 11 is 0. The van der Waals surface area contributed by atoms with E-state index in [0.29, 0.717) is 13.1 Å². The van der Waals surface area contributed by atoms with Crippen LogP contribution in [0.5, 0.6) is 5.75 Å². The first-order valence-corrected chi connectivity index (χ1v) is 10.2. The standard InChI is InChI=1S/C23H29N3O2/c1-16-5-3-6-17(2)22(16)28-19-10-13-26(14-11-19)23(27)25-21-8-4-7-18-9-12-24-15-20(18)21/h3-8,19,24H,9-15H2,1-2H3,(H,25,27). The van der Waals surface area contributed by atoms with Gasteiger partial charge in [0.05, 0.1) is 0 Å². The lowest BCUT2D eigenvalue weighted by Crippen LogP contribution is -2.44. The monoisotopic (exact) mass is 379 g/mol. The topological polar surface area (TPSA) is 53.6 Å². The van der Waals surface area contributed by atoms with Crippen LogP contribution >= 0.6 is 0 Å². The Hall–Kier alpha value is -2.53. The second kappa shape index (κ2) is 8.23. The number of carbonyl (C=O) groups excluding carboxylic acids is 1. The van der Waals surface area contributed by atoms with Gasteiger partial charge in [-0.15, -0.1) is 0 Å². The highest BCUT2D eigenvalue weighted by Gasteiger charge is 2.25. The summed E-state index contributed by atoms with van der Waals surface area (Å²) in [5, 5.41) is 6.52. The first-order chi connectivity index (χ1) is 13.6. The molecule has 0 radical (unpaired) electrons. The SMILES string of the molecule is Cc1cccc(C)c1OC1CCN(C(=O)Nc2cccc3c2CNCC3)CC1. The minimum absolute atomic E-state index is 0.00973. The fourth-order valence-electron chi connectivity index (χ4n) is 4.15. The van der Waals surface area contributed by atoms with Crippen LogP contribution in [0.4, 0.5) is 10.5 Å². The molecule has 1 fully saturated rings. The van der Waals surface area contributed by atoms with E-state index in [4.69, 9.17) is 4.74 Å². The van der Waals surface area contributed by atoms with Crippen LogP contribution in [0.2, 0.25) is 0 Å². The molecular formula is C23H29N3O2. The quantitative estimate of drug-likeness (QED) is 0.847. The first-order valence-electron chi connectivity index (χ1n) is 10.2. The van der Waals surface area contributed by atoms with E-state index in [-0.39, 0.29) is 12.1 Å². The van der Waals surface area contributed by atoms with E-state index in [1.165, 1.54) is 22.3 Å². The van der Waals surface area contributed by atoms with E-state index in [1.54, 1.807) is 0 Å². The highest BCUT2D eigenvalue weighted by Crippen LogP contribution is 2.27. The van der Waals surface area contributed by atoms with Gasteiger partial charge >= 0.3 is 6.03 Å². The predicted molar refractivity (Wildman–Crippen MR) is 112 cm³/mol. The maximum Gasteiger partial charge on any atom is 0.321 e. The van der Waals surface area contributed by atoms with E-state index in [9.17, 15) is 4.79 Å². The zero-order valence-electron chi connectivity index (χ0n) is 16.8. The van der Waals surface area contributed by atoms with Crippen molar-refractivity contribution in [2.75, 3.05) is 25.0 Å². The third kappa shape index (κ3) is 3.99. The molecule has 2 aromatic rings. The van der Waals surface area contributed by atoms with Crippen LogP contribution < -0.4 is 15.4 Å². The molecule has 5 heteroatoms. The van der Waals surface area contributed by atoms with Crippen LogP contribution in [0.3, 0.4) is 0 Å². The highest BCUT2D eigenvalue weighted by molar-refractivity contribution is 5.90. The number of nitrogens with zero attached hydrogens (tertiary/aromatic N) is 1. The van der Waals surface area contributed by atoms with Gasteiger partial charge in [-0.2, -0.15) is 0 Å². The second-order valence-electron chi connectivity index (χ2n) is 7.83. The number of aryl methyl sites for hydroxylation is 2. The van der Waals surface area contributed by atoms with Gasteiger partial charge in [0.25, 0.3) is 0 Å². The summed E-state index contributed by atoms with van der Waals surface area (Å²) in [4.78, 5) is 14.7. The van der Waals surface area contributed by atoms with E-state index in [1.807, 2.05) is 17.0 Å². The average molecular weight is 380 g/mol. The normalized spacial score (nSPS) is 17.1. The number of para-hydroxylation sites is 1. The van der Waals surface area contributed by atoms with Gasteiger partial charge in [0, 0.05) is 38.2 Å². The molecule has 0 aliphatic carbocycles. The van der Waals surface area contributed by atoms with Crippen molar-refractivity contribution >= 4 is 11.7 Å². The van der Waals surface area contributed by atoms with Crippen molar-refractivity contribution in [1.82, 2.24) is 10.2 Å². The fourth-order valence-corrected chi connectivity index (χ4v) is 4.15. The molecule has 2 amide bonds. The number of amides is 2. The minimum atomic E-state index is -0.00973. The number of fused-ring (bicyclic) bond motifs is 1. The molecule has 148 valence electrons. The van der Waals surface area contributed by atoms with E-state index >= 15 is 0 Å². The molecule has 0 unspecified atom stereocenters. The lowest BCUT2D eigenvalue weighted by Gasteiger charge is -2.33. The summed E-state index contributed by atoms with van der Waals surface area (Å²) < 4.78 is 6.27. The van der Waals surface area contributed by atoms with Crippen LogP contribution in [0.25, 0.3) is 0 Å². The Morgan fingerprint density at radius 1 is 1.11 bits per heavy atom. The number of piperidine rings is 1. The molecule has 5 nitrogen and oxygen atoms in total. The van der Waals surface area contributed by atoms with Gasteiger partial charge < -0.3 is 20.3 Å². The lowest BCUT2D eigenvalue weighted by atomic mass is 9.99. The van der Waals surface area contributed by atoms with Gasteiger partial charge in [-0.05, 0) is 55.1 Å². The first kappa shape index (κ1) is 18.8. The number of hydrogen-bond donors (Lipinski definition) is 2. The van der Waals surface area contributed by atoms with E-state index in [2.05, 4.69) is 48.7 Å². The summed E-state index contributed by atoms with van der Waals surface area (Å²) in [6.07, 6.45) is 2.89. The number of hydrogen-bond acceptors (Lipinski definition) is 3. The molecule has 4 rings (SSSR count). The molecule has 2 aliphatic rings. The molecule has 0 bridgehead atoms. The third-order valence-corrected chi connectivity index (χ3v) is 5.81. The molecule has 28 heavy (non-hydrogen) atoms. The maximum atomic E-state index is 12.8. The number of benzene rings is 2. The molecule has 0 atom stereocenters. The fraction of sp³-hybridized carbons (Fsp3) is 0.435. The van der Waals surface area contributed by atoms with Gasteiger partial charge in [-0.1, -0.05) is 30.3 Å². The number of rotatable bonds is 3. The molecule has 0 spiro atoms. The Labute approximate surface area is 167 Å². The van der Waals surface area contributed by atoms with Crippen LogP contribution in [-0.4, -0.2) is 36.7 Å². The Morgan fingerprint density at radius 3 is 2.57 bits per heavy atom. The number of likely N-dealkylation sites (tertiary alicyclic amines) is 1. The number of nitrogens with one attached hydrogen (secondary N) is 2. The van der Waals surface area contributed by atoms with Crippen LogP contribution in [0.15, 0.2) is 36.4 Å². The largest absolute Gasteiger partial charge is 0.490 e. The van der Waals surface area contributed by atoms with Gasteiger partial charge in [-0.3, -0.25) is 0 Å². The second-order valence-corrected chi connectivity index (χ2v) is 7.83. The van der Waals surface area contributed by atoms with Crippen molar-refractivity contribution in [3.8, 4) is 5.75 Å². The summed E-state index contributed by atoms with van der Waals surface area (Å²) in [6, 6.07) is 12.4. The minimum Gasteiger partial charge on any atom is -0.490 e. The molecule has 2 N–H and O–H groups in total. The van der Waals surface area contributed by atoms with Crippen molar-refractivity contribution in [3.63, 3.8) is 0 Å². The van der Waals surface area contributed by atoms with Gasteiger partial charge in [-0.25, -0.2) is 4.79 Å². The summed E-state index contributed by atoms with van der Waals surface area (Å²) in [5.74, 6) is 0.994. The number of anilines is 1. The molecule has 0 saturated carbocycles. The molecule has 2 aliphatic heterocycles. The molecular weight excluding hydrogens is 350 g/mol. The zero-order chi connectivity index (χ0) is 19.5. The summed E-state index contributed by atoms with van der Waals surface area (Å²) in [6.45, 7) is 7.42. The van der Waals surface area contributed by atoms with Crippen LogP contribution in [0.1, 0.15) is 35.1 Å². The predicted octanol–water partition coefficient (Wildman–Crippen LogP) is 4.02. The van der Waals surface area contributed by atoms with Crippen LogP contribution in [-0.2, 0) is 13.0 Å². The van der Waals surface area contributed by atoms with Crippen LogP contribution in [0, 0.1) is 13.8 Å². The average Bonchev–Trinajstić information content (AvgIpc) is 2.71. The Morgan fingerprint density at radius 2 is 1.82 bits per heavy atom. The van der Waals surface area contributed by atoms with E-state index in [0.717, 1.165) is 43.8 Å². The van der Waals surface area contributed by atoms with Gasteiger partial charge in [0.2, 0.25) is 0 Å². The Kier molecular flexibility index (Phi) is 5.53. The highest BCUT2D eigenvalue weighted by atomic mass is 16.5. The third-order valence-electron chi connectivity index (χ3n) is 5.81. The molecule has 1 saturated heterocycles. The van der Waals surface area contributed by atoms with Crippen molar-refractivity contribution < 1.29 is 9.53 Å². The van der Waals surface area contributed by atoms with Crippen molar-refractivity contribution in [2.24, 2.45) is 0 Å². The summed E-state index contributed by atoms with van der Waals surface area (Å²) in [5.41, 5.74) is 5.82. The Bertz CT molecular complexity index is 837. The molecule has 2 heterocycles. The Balaban J connectivity index is 1.35. The number of carbonyl (C=O) groups is 1. The van der Waals surface area contributed by atoms with Crippen molar-refractivity contribution in [2.45, 2.75) is 45.8 Å². The zero-order valence-corrected chi connectivity index (χ0v) is 16.8. The van der Waals surface area contributed by atoms with Gasteiger partial charge in [0.15, 0.2) is 0 Å². The maximum absolute atomic E-state index is 12.8. The van der Waals surface area contributed by atoms with Gasteiger partial charge in [0.1, 0.15) is 11.9 Å². The smallest absolute Gasteiger partial charge is 0.321 e. The van der Waals surface area contributed by atoms with Crippen molar-refractivity contribution in [3.05, 3.63) is 58.7 Å². The number of ether oxygens (including phenoxy) is 1. The summed E-state index contributed by atoms with van der Waals surface area (Å²) in [7, 11) is 0. The number of urea groups is 1.